The van der Waals surface area contributed by atoms with Crippen LogP contribution in [0.25, 0.3) is 33.5 Å². The van der Waals surface area contributed by atoms with E-state index in [4.69, 9.17) is 15.5 Å². The number of imidazole rings is 1. The van der Waals surface area contributed by atoms with Crippen LogP contribution in [0.15, 0.2) is 66.7 Å². The number of aromatic nitrogens is 2. The van der Waals surface area contributed by atoms with Gasteiger partial charge in [-0.1, -0.05) is 54.6 Å². The van der Waals surface area contributed by atoms with E-state index < -0.39 is 0 Å². The summed E-state index contributed by atoms with van der Waals surface area (Å²) in [6.45, 7) is 3.79. The highest BCUT2D eigenvalue weighted by Gasteiger charge is 2.11. The monoisotopic (exact) mass is 357 g/mol. The summed E-state index contributed by atoms with van der Waals surface area (Å²) in [6.07, 6.45) is 0. The fourth-order valence-corrected chi connectivity index (χ4v) is 3.36. The number of nitrogens with zero attached hydrogens (tertiary/aromatic N) is 1. The van der Waals surface area contributed by atoms with E-state index in [1.165, 1.54) is 16.7 Å². The summed E-state index contributed by atoms with van der Waals surface area (Å²) in [5.74, 6) is 0.874. The lowest BCUT2D eigenvalue weighted by Crippen LogP contribution is -2.08. The number of ether oxygens (including phenoxy) is 1. The van der Waals surface area contributed by atoms with Crippen molar-refractivity contribution in [3.63, 3.8) is 0 Å². The molecule has 4 heteroatoms. The quantitative estimate of drug-likeness (QED) is 0.493. The largest absolute Gasteiger partial charge is 0.375 e. The number of aryl methyl sites for hydroxylation is 1. The predicted octanol–water partition coefficient (Wildman–Crippen LogP) is 4.68. The standard InChI is InChI=1S/C23H23N3O/c1-16-20(18-7-3-2-4-8-18)10-11-21-22(16)26-23(25-21)19-9-5-6-17(14-19)15-27-13-12-24/h2-11,14H,12-13,15,24H2,1H3,(H,25,26). The van der Waals surface area contributed by atoms with Gasteiger partial charge in [0.05, 0.1) is 24.2 Å². The zero-order chi connectivity index (χ0) is 18.6. The van der Waals surface area contributed by atoms with E-state index in [1.807, 2.05) is 12.1 Å². The number of hydrogen-bond acceptors (Lipinski definition) is 3. The van der Waals surface area contributed by atoms with E-state index in [0.29, 0.717) is 19.8 Å². The molecule has 0 bridgehead atoms. The molecule has 0 amide bonds. The van der Waals surface area contributed by atoms with Crippen molar-refractivity contribution in [1.29, 1.82) is 0 Å². The van der Waals surface area contributed by atoms with Crippen LogP contribution < -0.4 is 5.73 Å². The molecule has 0 radical (unpaired) electrons. The third-order valence-electron chi connectivity index (χ3n) is 4.72. The SMILES string of the molecule is Cc1c(-c2ccccc2)ccc2[nH]c(-c3cccc(COCCN)c3)nc12. The maximum absolute atomic E-state index is 5.55. The average molecular weight is 357 g/mol. The van der Waals surface area contributed by atoms with Crippen molar-refractivity contribution in [2.45, 2.75) is 13.5 Å². The summed E-state index contributed by atoms with van der Waals surface area (Å²) in [5.41, 5.74) is 13.3. The first-order valence-electron chi connectivity index (χ1n) is 9.18. The molecular weight excluding hydrogens is 334 g/mol. The Hall–Kier alpha value is -2.95. The minimum atomic E-state index is 0.534. The van der Waals surface area contributed by atoms with Crippen molar-refractivity contribution < 1.29 is 4.74 Å². The van der Waals surface area contributed by atoms with Crippen LogP contribution in [0.1, 0.15) is 11.1 Å². The average Bonchev–Trinajstić information content (AvgIpc) is 3.15. The van der Waals surface area contributed by atoms with Gasteiger partial charge >= 0.3 is 0 Å². The van der Waals surface area contributed by atoms with Crippen LogP contribution in [0.3, 0.4) is 0 Å². The number of nitrogens with two attached hydrogens (primary N) is 1. The second-order valence-corrected chi connectivity index (χ2v) is 6.63. The minimum Gasteiger partial charge on any atom is -0.375 e. The number of fused-ring (bicyclic) bond motifs is 1. The molecule has 0 spiro atoms. The molecule has 0 saturated carbocycles. The zero-order valence-electron chi connectivity index (χ0n) is 15.4. The Morgan fingerprint density at radius 3 is 2.59 bits per heavy atom. The van der Waals surface area contributed by atoms with E-state index in [0.717, 1.165) is 28.0 Å². The Morgan fingerprint density at radius 2 is 1.78 bits per heavy atom. The van der Waals surface area contributed by atoms with Gasteiger partial charge in [0.2, 0.25) is 0 Å². The molecular formula is C23H23N3O. The van der Waals surface area contributed by atoms with Gasteiger partial charge in [0, 0.05) is 12.1 Å². The van der Waals surface area contributed by atoms with Crippen molar-refractivity contribution in [2.24, 2.45) is 5.73 Å². The van der Waals surface area contributed by atoms with Crippen molar-refractivity contribution in [1.82, 2.24) is 9.97 Å². The number of benzene rings is 3. The topological polar surface area (TPSA) is 63.9 Å². The molecule has 0 atom stereocenters. The summed E-state index contributed by atoms with van der Waals surface area (Å²) < 4.78 is 5.55. The van der Waals surface area contributed by atoms with Crippen LogP contribution in [-0.4, -0.2) is 23.1 Å². The number of aromatic amines is 1. The lowest BCUT2D eigenvalue weighted by Gasteiger charge is -2.06. The summed E-state index contributed by atoms with van der Waals surface area (Å²) in [5, 5.41) is 0. The van der Waals surface area contributed by atoms with E-state index >= 15 is 0 Å². The molecule has 4 rings (SSSR count). The highest BCUT2D eigenvalue weighted by molar-refractivity contribution is 5.88. The molecule has 1 aromatic heterocycles. The molecule has 3 N–H and O–H groups in total. The Labute approximate surface area is 159 Å². The molecule has 136 valence electrons. The normalized spacial score (nSPS) is 11.2. The van der Waals surface area contributed by atoms with E-state index in [1.54, 1.807) is 0 Å². The second kappa shape index (κ2) is 7.74. The summed E-state index contributed by atoms with van der Waals surface area (Å²) >= 11 is 0. The molecule has 1 heterocycles. The van der Waals surface area contributed by atoms with Crippen molar-refractivity contribution in [3.8, 4) is 22.5 Å². The van der Waals surface area contributed by atoms with Gasteiger partial charge in [0.1, 0.15) is 5.82 Å². The van der Waals surface area contributed by atoms with Crippen LogP contribution in [-0.2, 0) is 11.3 Å². The van der Waals surface area contributed by atoms with Crippen LogP contribution in [0.5, 0.6) is 0 Å². The molecule has 0 aliphatic carbocycles. The highest BCUT2D eigenvalue weighted by atomic mass is 16.5. The van der Waals surface area contributed by atoms with Gasteiger partial charge in [-0.15, -0.1) is 0 Å². The predicted molar refractivity (Wildman–Crippen MR) is 110 cm³/mol. The Morgan fingerprint density at radius 1 is 0.963 bits per heavy atom. The number of H-pyrrole nitrogens is 1. The first kappa shape index (κ1) is 17.5. The first-order chi connectivity index (χ1) is 13.3. The van der Waals surface area contributed by atoms with Crippen LogP contribution in [0.2, 0.25) is 0 Å². The van der Waals surface area contributed by atoms with Crippen LogP contribution in [0.4, 0.5) is 0 Å². The van der Waals surface area contributed by atoms with Gasteiger partial charge < -0.3 is 15.5 Å². The first-order valence-corrected chi connectivity index (χ1v) is 9.18. The molecule has 0 fully saturated rings. The molecule has 27 heavy (non-hydrogen) atoms. The third-order valence-corrected chi connectivity index (χ3v) is 4.72. The second-order valence-electron chi connectivity index (χ2n) is 6.63. The van der Waals surface area contributed by atoms with Gasteiger partial charge in [-0.3, -0.25) is 0 Å². The van der Waals surface area contributed by atoms with Crippen LogP contribution >= 0.6 is 0 Å². The van der Waals surface area contributed by atoms with Gasteiger partial charge in [-0.25, -0.2) is 4.98 Å². The molecule has 0 aliphatic heterocycles. The van der Waals surface area contributed by atoms with Gasteiger partial charge in [0.15, 0.2) is 0 Å². The van der Waals surface area contributed by atoms with E-state index in [9.17, 15) is 0 Å². The van der Waals surface area contributed by atoms with Crippen molar-refractivity contribution in [2.75, 3.05) is 13.2 Å². The Kier molecular flexibility index (Phi) is 5.01. The molecule has 4 nitrogen and oxygen atoms in total. The van der Waals surface area contributed by atoms with Gasteiger partial charge in [0.25, 0.3) is 0 Å². The third kappa shape index (κ3) is 3.63. The van der Waals surface area contributed by atoms with Gasteiger partial charge in [-0.05, 0) is 41.3 Å². The van der Waals surface area contributed by atoms with Crippen molar-refractivity contribution in [3.05, 3.63) is 77.9 Å². The lowest BCUT2D eigenvalue weighted by atomic mass is 9.99. The molecule has 3 aromatic carbocycles. The summed E-state index contributed by atoms with van der Waals surface area (Å²) in [4.78, 5) is 8.34. The summed E-state index contributed by atoms with van der Waals surface area (Å²) in [6, 6.07) is 23.0. The summed E-state index contributed by atoms with van der Waals surface area (Å²) in [7, 11) is 0. The molecule has 4 aromatic rings. The molecule has 0 unspecified atom stereocenters. The fraction of sp³-hybridized carbons (Fsp3) is 0.174. The van der Waals surface area contributed by atoms with E-state index in [-0.39, 0.29) is 0 Å². The fourth-order valence-electron chi connectivity index (χ4n) is 3.36. The number of rotatable bonds is 6. The zero-order valence-corrected chi connectivity index (χ0v) is 15.4. The smallest absolute Gasteiger partial charge is 0.138 e. The van der Waals surface area contributed by atoms with E-state index in [2.05, 4.69) is 66.5 Å². The Bertz CT molecular complexity index is 1050. The minimum absolute atomic E-state index is 0.534. The lowest BCUT2D eigenvalue weighted by molar-refractivity contribution is 0.128. The Balaban J connectivity index is 1.70. The van der Waals surface area contributed by atoms with Crippen molar-refractivity contribution >= 4 is 11.0 Å². The maximum atomic E-state index is 5.55. The molecule has 0 aliphatic rings. The van der Waals surface area contributed by atoms with Crippen LogP contribution in [0, 0.1) is 6.92 Å². The maximum Gasteiger partial charge on any atom is 0.138 e. The number of nitrogens with one attached hydrogen (secondary N) is 1. The van der Waals surface area contributed by atoms with Gasteiger partial charge in [-0.2, -0.15) is 0 Å². The molecule has 0 saturated heterocycles. The highest BCUT2D eigenvalue weighted by Crippen LogP contribution is 2.30. The number of hydrogen-bond donors (Lipinski definition) is 2.